The lowest BCUT2D eigenvalue weighted by molar-refractivity contribution is 0.0993. The Morgan fingerprint density at radius 3 is 2.67 bits per heavy atom. The van der Waals surface area contributed by atoms with Crippen LogP contribution in [-0.4, -0.2) is 15.6 Å². The van der Waals surface area contributed by atoms with E-state index in [4.69, 9.17) is 0 Å². The Balaban J connectivity index is 2.11. The average molecular weight is 200 g/mol. The maximum absolute atomic E-state index is 11.8. The van der Waals surface area contributed by atoms with E-state index in [1.165, 1.54) is 0 Å². The van der Waals surface area contributed by atoms with Gasteiger partial charge >= 0.3 is 0 Å². The monoisotopic (exact) mass is 200 g/mol. The molecule has 1 heterocycles. The van der Waals surface area contributed by atoms with Crippen molar-refractivity contribution in [1.82, 2.24) is 9.78 Å². The number of carbonyl (C=O) groups is 1. The first-order valence-electron chi connectivity index (χ1n) is 4.81. The average Bonchev–Trinajstić information content (AvgIpc) is 2.66. The Kier molecular flexibility index (Phi) is 2.63. The van der Waals surface area contributed by atoms with Crippen LogP contribution in [0, 0.1) is 0 Å². The molecular weight excluding hydrogens is 188 g/mol. The van der Waals surface area contributed by atoms with Crippen LogP contribution in [0.5, 0.6) is 0 Å². The van der Waals surface area contributed by atoms with Gasteiger partial charge in [0.1, 0.15) is 0 Å². The third-order valence-corrected chi connectivity index (χ3v) is 2.23. The van der Waals surface area contributed by atoms with Gasteiger partial charge in [-0.3, -0.25) is 9.48 Å². The van der Waals surface area contributed by atoms with Gasteiger partial charge in [-0.2, -0.15) is 5.10 Å². The molecule has 2 rings (SSSR count). The molecule has 3 nitrogen and oxygen atoms in total. The number of hydrogen-bond acceptors (Lipinski definition) is 2. The molecule has 15 heavy (non-hydrogen) atoms. The molecule has 0 unspecified atom stereocenters. The van der Waals surface area contributed by atoms with E-state index in [9.17, 15) is 4.79 Å². The summed E-state index contributed by atoms with van der Waals surface area (Å²) in [5.41, 5.74) is 1.70. The molecule has 0 fully saturated rings. The second-order valence-corrected chi connectivity index (χ2v) is 3.49. The number of ketones is 1. The molecule has 1 aromatic carbocycles. The van der Waals surface area contributed by atoms with Gasteiger partial charge in [-0.15, -0.1) is 0 Å². The number of carbonyl (C=O) groups excluding carboxylic acids is 1. The zero-order chi connectivity index (χ0) is 10.7. The number of Topliss-reactive ketones (excluding diaryl/α,β-unsaturated/α-hetero) is 1. The fraction of sp³-hybridized carbons (Fsp3) is 0.167. The van der Waals surface area contributed by atoms with E-state index in [1.807, 2.05) is 30.3 Å². The number of hydrogen-bond donors (Lipinski definition) is 0. The summed E-state index contributed by atoms with van der Waals surface area (Å²) in [5, 5.41) is 3.98. The minimum absolute atomic E-state index is 0.106. The predicted octanol–water partition coefficient (Wildman–Crippen LogP) is 1.85. The summed E-state index contributed by atoms with van der Waals surface area (Å²) in [6.07, 6.45) is 3.78. The van der Waals surface area contributed by atoms with Crippen LogP contribution in [-0.2, 0) is 13.5 Å². The molecule has 0 saturated heterocycles. The van der Waals surface area contributed by atoms with Gasteiger partial charge in [0.25, 0.3) is 0 Å². The first-order chi connectivity index (χ1) is 7.25. The van der Waals surface area contributed by atoms with E-state index in [1.54, 1.807) is 24.1 Å². The third kappa shape index (κ3) is 2.31. The van der Waals surface area contributed by atoms with Gasteiger partial charge in [-0.1, -0.05) is 30.3 Å². The summed E-state index contributed by atoms with van der Waals surface area (Å²) >= 11 is 0. The van der Waals surface area contributed by atoms with Crippen LogP contribution in [0.3, 0.4) is 0 Å². The van der Waals surface area contributed by atoms with Crippen molar-refractivity contribution >= 4 is 5.78 Å². The van der Waals surface area contributed by atoms with Crippen molar-refractivity contribution in [3.8, 4) is 0 Å². The van der Waals surface area contributed by atoms with Gasteiger partial charge in [0.15, 0.2) is 5.78 Å². The van der Waals surface area contributed by atoms with E-state index in [0.717, 1.165) is 5.56 Å². The van der Waals surface area contributed by atoms with Gasteiger partial charge < -0.3 is 0 Å². The van der Waals surface area contributed by atoms with Crippen LogP contribution in [0.15, 0.2) is 42.7 Å². The summed E-state index contributed by atoms with van der Waals surface area (Å²) in [4.78, 5) is 11.8. The van der Waals surface area contributed by atoms with Crippen molar-refractivity contribution in [1.29, 1.82) is 0 Å². The number of aryl methyl sites for hydroxylation is 1. The largest absolute Gasteiger partial charge is 0.294 e. The molecule has 0 aliphatic rings. The molecule has 0 radical (unpaired) electrons. The van der Waals surface area contributed by atoms with Crippen LogP contribution >= 0.6 is 0 Å². The second-order valence-electron chi connectivity index (χ2n) is 3.49. The lowest BCUT2D eigenvalue weighted by Crippen LogP contribution is -2.02. The van der Waals surface area contributed by atoms with Crippen molar-refractivity contribution in [2.75, 3.05) is 0 Å². The van der Waals surface area contributed by atoms with Crippen molar-refractivity contribution < 1.29 is 4.79 Å². The Labute approximate surface area is 88.4 Å². The van der Waals surface area contributed by atoms with Gasteiger partial charge in [0, 0.05) is 19.7 Å². The first-order valence-corrected chi connectivity index (χ1v) is 4.81. The van der Waals surface area contributed by atoms with Gasteiger partial charge in [-0.25, -0.2) is 0 Å². The van der Waals surface area contributed by atoms with Gasteiger partial charge in [-0.05, 0) is 5.56 Å². The van der Waals surface area contributed by atoms with E-state index in [2.05, 4.69) is 5.10 Å². The van der Waals surface area contributed by atoms with Gasteiger partial charge in [0.2, 0.25) is 0 Å². The normalized spacial score (nSPS) is 10.2. The van der Waals surface area contributed by atoms with Crippen LogP contribution in [0.2, 0.25) is 0 Å². The van der Waals surface area contributed by atoms with Crippen LogP contribution in [0.1, 0.15) is 15.9 Å². The van der Waals surface area contributed by atoms with Crippen molar-refractivity contribution in [2.45, 2.75) is 6.42 Å². The molecule has 3 heteroatoms. The van der Waals surface area contributed by atoms with Crippen molar-refractivity contribution in [2.24, 2.45) is 7.05 Å². The maximum atomic E-state index is 11.8. The third-order valence-electron chi connectivity index (χ3n) is 2.23. The Hall–Kier alpha value is -1.90. The highest BCUT2D eigenvalue weighted by molar-refractivity contribution is 5.97. The lowest BCUT2D eigenvalue weighted by Gasteiger charge is -1.97. The Bertz CT molecular complexity index is 459. The number of nitrogens with zero attached hydrogens (tertiary/aromatic N) is 2. The Morgan fingerprint density at radius 2 is 2.07 bits per heavy atom. The second kappa shape index (κ2) is 4.09. The summed E-state index contributed by atoms with van der Waals surface area (Å²) in [5.74, 6) is 0.106. The molecule has 0 aliphatic heterocycles. The summed E-state index contributed by atoms with van der Waals surface area (Å²) in [7, 11) is 1.80. The van der Waals surface area contributed by atoms with Crippen molar-refractivity contribution in [3.05, 3.63) is 53.9 Å². The first kappa shape index (κ1) is 9.65. The fourth-order valence-electron chi connectivity index (χ4n) is 1.45. The highest BCUT2D eigenvalue weighted by Crippen LogP contribution is 2.06. The molecule has 76 valence electrons. The molecule has 0 spiro atoms. The zero-order valence-electron chi connectivity index (χ0n) is 8.55. The SMILES string of the molecule is Cn1cc(C(=O)Cc2ccccc2)cn1. The molecule has 0 aliphatic carbocycles. The zero-order valence-corrected chi connectivity index (χ0v) is 8.55. The molecule has 0 bridgehead atoms. The van der Waals surface area contributed by atoms with Crippen LogP contribution in [0.25, 0.3) is 0 Å². The topological polar surface area (TPSA) is 34.9 Å². The fourth-order valence-corrected chi connectivity index (χ4v) is 1.45. The van der Waals surface area contributed by atoms with E-state index in [0.29, 0.717) is 12.0 Å². The molecule has 0 atom stereocenters. The standard InChI is InChI=1S/C12H12N2O/c1-14-9-11(8-13-14)12(15)7-10-5-3-2-4-6-10/h2-6,8-9H,7H2,1H3. The number of rotatable bonds is 3. The molecule has 0 saturated carbocycles. The highest BCUT2D eigenvalue weighted by atomic mass is 16.1. The smallest absolute Gasteiger partial charge is 0.170 e. The lowest BCUT2D eigenvalue weighted by atomic mass is 10.1. The number of aromatic nitrogens is 2. The molecule has 0 amide bonds. The van der Waals surface area contributed by atoms with Crippen LogP contribution < -0.4 is 0 Å². The van der Waals surface area contributed by atoms with E-state index >= 15 is 0 Å². The van der Waals surface area contributed by atoms with E-state index < -0.39 is 0 Å². The molecule has 0 N–H and O–H groups in total. The Morgan fingerprint density at radius 1 is 1.33 bits per heavy atom. The number of benzene rings is 1. The summed E-state index contributed by atoms with van der Waals surface area (Å²) in [6, 6.07) is 9.72. The predicted molar refractivity (Wildman–Crippen MR) is 57.7 cm³/mol. The quantitative estimate of drug-likeness (QED) is 0.709. The molecule has 2 aromatic rings. The van der Waals surface area contributed by atoms with Gasteiger partial charge in [0.05, 0.1) is 11.8 Å². The van der Waals surface area contributed by atoms with Crippen LogP contribution in [0.4, 0.5) is 0 Å². The minimum atomic E-state index is 0.106. The van der Waals surface area contributed by atoms with E-state index in [-0.39, 0.29) is 5.78 Å². The summed E-state index contributed by atoms with van der Waals surface area (Å²) < 4.78 is 1.64. The molecular formula is C12H12N2O. The highest BCUT2D eigenvalue weighted by Gasteiger charge is 2.08. The minimum Gasteiger partial charge on any atom is -0.294 e. The molecule has 1 aromatic heterocycles. The maximum Gasteiger partial charge on any atom is 0.170 e. The van der Waals surface area contributed by atoms with Crippen molar-refractivity contribution in [3.63, 3.8) is 0 Å². The summed E-state index contributed by atoms with van der Waals surface area (Å²) in [6.45, 7) is 0.